The number of halogens is 2. The van der Waals surface area contributed by atoms with Crippen molar-refractivity contribution >= 4 is 56.3 Å². The first kappa shape index (κ1) is 13.6. The number of hydrogen-bond acceptors (Lipinski definition) is 4. The molecule has 3 aromatic rings. The minimum atomic E-state index is 0.230. The second-order valence-electron chi connectivity index (χ2n) is 4.41. The van der Waals surface area contributed by atoms with Gasteiger partial charge in [0.05, 0.1) is 16.1 Å². The van der Waals surface area contributed by atoms with E-state index in [9.17, 15) is 0 Å². The van der Waals surface area contributed by atoms with Gasteiger partial charge in [-0.1, -0.05) is 23.7 Å². The Hall–Kier alpha value is -1.36. The molecule has 0 radical (unpaired) electrons. The number of nitrogens with one attached hydrogen (secondary N) is 1. The van der Waals surface area contributed by atoms with Gasteiger partial charge >= 0.3 is 0 Å². The van der Waals surface area contributed by atoms with E-state index in [2.05, 4.69) is 29.1 Å². The molecule has 2 aromatic heterocycles. The zero-order valence-corrected chi connectivity index (χ0v) is 13.2. The van der Waals surface area contributed by atoms with E-state index in [1.807, 2.05) is 24.3 Å². The molecular formula is C14H11Cl2N3S. The number of fused-ring (bicyclic) bond motifs is 1. The third-order valence-corrected chi connectivity index (χ3v) is 4.73. The summed E-state index contributed by atoms with van der Waals surface area (Å²) >= 11 is 13.8. The smallest absolute Gasteiger partial charge is 0.225 e. The molecule has 0 bridgehead atoms. The average Bonchev–Trinajstić information content (AvgIpc) is 2.67. The zero-order valence-electron chi connectivity index (χ0n) is 10.9. The molecule has 0 aliphatic carbocycles. The Morgan fingerprint density at radius 1 is 1.10 bits per heavy atom. The molecule has 3 nitrogen and oxygen atoms in total. The van der Waals surface area contributed by atoms with E-state index in [0.717, 1.165) is 21.5 Å². The summed E-state index contributed by atoms with van der Waals surface area (Å²) in [5.41, 5.74) is 1.96. The second-order valence-corrected chi connectivity index (χ2v) is 6.36. The Labute approximate surface area is 130 Å². The Morgan fingerprint density at radius 3 is 2.60 bits per heavy atom. The number of aromatic nitrogens is 2. The predicted octanol–water partition coefficient (Wildman–Crippen LogP) is 5.36. The maximum absolute atomic E-state index is 6.17. The van der Waals surface area contributed by atoms with Crippen molar-refractivity contribution in [3.63, 3.8) is 0 Å². The van der Waals surface area contributed by atoms with Gasteiger partial charge < -0.3 is 5.32 Å². The number of thiophene rings is 1. The predicted molar refractivity (Wildman–Crippen MR) is 86.6 cm³/mol. The summed E-state index contributed by atoms with van der Waals surface area (Å²) in [6.07, 6.45) is 0. The standard InChI is InChI=1S/C14H11Cl2N3S/c1-7-8(2)20-13-11(7)12(18-14(16)19-13)17-10-6-4-3-5-9(10)15/h3-6H,1-2H3,(H,17,18,19). The van der Waals surface area contributed by atoms with Crippen LogP contribution in [0.4, 0.5) is 11.5 Å². The first-order valence-corrected chi connectivity index (χ1v) is 7.58. The van der Waals surface area contributed by atoms with Crippen molar-refractivity contribution < 1.29 is 0 Å². The minimum Gasteiger partial charge on any atom is -0.338 e. The van der Waals surface area contributed by atoms with Gasteiger partial charge in [-0.2, -0.15) is 4.98 Å². The number of para-hydroxylation sites is 1. The molecule has 0 saturated heterocycles. The summed E-state index contributed by atoms with van der Waals surface area (Å²) in [6.45, 7) is 4.12. The highest BCUT2D eigenvalue weighted by Crippen LogP contribution is 2.36. The molecule has 102 valence electrons. The molecule has 3 rings (SSSR count). The van der Waals surface area contributed by atoms with E-state index in [1.165, 1.54) is 4.88 Å². The molecule has 0 fully saturated rings. The van der Waals surface area contributed by atoms with Crippen LogP contribution in [0.15, 0.2) is 24.3 Å². The summed E-state index contributed by atoms with van der Waals surface area (Å²) in [7, 11) is 0. The summed E-state index contributed by atoms with van der Waals surface area (Å²) < 4.78 is 0. The fourth-order valence-corrected chi connectivity index (χ4v) is 3.44. The molecule has 0 atom stereocenters. The molecule has 0 aliphatic heterocycles. The summed E-state index contributed by atoms with van der Waals surface area (Å²) in [6, 6.07) is 7.53. The van der Waals surface area contributed by atoms with E-state index < -0.39 is 0 Å². The van der Waals surface area contributed by atoms with Crippen molar-refractivity contribution in [2.45, 2.75) is 13.8 Å². The van der Waals surface area contributed by atoms with Gasteiger partial charge in [0, 0.05) is 4.88 Å². The van der Waals surface area contributed by atoms with Gasteiger partial charge in [0.25, 0.3) is 0 Å². The number of benzene rings is 1. The van der Waals surface area contributed by atoms with Gasteiger partial charge in [-0.25, -0.2) is 4.98 Å². The van der Waals surface area contributed by atoms with Crippen molar-refractivity contribution in [1.82, 2.24) is 9.97 Å². The number of aryl methyl sites for hydroxylation is 2. The molecule has 0 amide bonds. The van der Waals surface area contributed by atoms with Crippen molar-refractivity contribution in [1.29, 1.82) is 0 Å². The van der Waals surface area contributed by atoms with E-state index >= 15 is 0 Å². The van der Waals surface area contributed by atoms with Gasteiger partial charge in [0.2, 0.25) is 5.28 Å². The van der Waals surface area contributed by atoms with Gasteiger partial charge in [0.15, 0.2) is 0 Å². The fourth-order valence-electron chi connectivity index (χ4n) is 2.00. The van der Waals surface area contributed by atoms with Gasteiger partial charge in [0.1, 0.15) is 10.6 Å². The van der Waals surface area contributed by atoms with E-state index in [0.29, 0.717) is 10.8 Å². The normalized spacial score (nSPS) is 11.0. The summed E-state index contributed by atoms with van der Waals surface area (Å²) in [5, 5.41) is 5.12. The molecule has 1 N–H and O–H groups in total. The Kier molecular flexibility index (Phi) is 3.54. The first-order valence-electron chi connectivity index (χ1n) is 6.01. The third-order valence-electron chi connectivity index (χ3n) is 3.13. The molecule has 1 aromatic carbocycles. The largest absolute Gasteiger partial charge is 0.338 e. The fraction of sp³-hybridized carbons (Fsp3) is 0.143. The lowest BCUT2D eigenvalue weighted by Gasteiger charge is -2.09. The highest BCUT2D eigenvalue weighted by molar-refractivity contribution is 7.18. The van der Waals surface area contributed by atoms with Crippen LogP contribution in [-0.2, 0) is 0 Å². The lowest BCUT2D eigenvalue weighted by atomic mass is 10.2. The van der Waals surface area contributed by atoms with Crippen molar-refractivity contribution in [2.24, 2.45) is 0 Å². The summed E-state index contributed by atoms with van der Waals surface area (Å²) in [5.74, 6) is 0.690. The number of hydrogen-bond donors (Lipinski definition) is 1. The quantitative estimate of drug-likeness (QED) is 0.645. The van der Waals surface area contributed by atoms with Crippen LogP contribution in [0.25, 0.3) is 10.2 Å². The van der Waals surface area contributed by atoms with E-state index in [-0.39, 0.29) is 5.28 Å². The maximum Gasteiger partial charge on any atom is 0.225 e. The van der Waals surface area contributed by atoms with Crippen molar-refractivity contribution in [3.8, 4) is 0 Å². The lowest BCUT2D eigenvalue weighted by Crippen LogP contribution is -1.97. The number of anilines is 2. The zero-order chi connectivity index (χ0) is 14.3. The van der Waals surface area contributed by atoms with Crippen LogP contribution >= 0.6 is 34.5 Å². The van der Waals surface area contributed by atoms with Crippen LogP contribution in [-0.4, -0.2) is 9.97 Å². The van der Waals surface area contributed by atoms with Crippen LogP contribution < -0.4 is 5.32 Å². The Bertz CT molecular complexity index is 798. The van der Waals surface area contributed by atoms with Gasteiger partial charge in [-0.05, 0) is 43.1 Å². The summed E-state index contributed by atoms with van der Waals surface area (Å²) in [4.78, 5) is 10.7. The molecular weight excluding hydrogens is 313 g/mol. The minimum absolute atomic E-state index is 0.230. The van der Waals surface area contributed by atoms with Crippen LogP contribution in [0, 0.1) is 13.8 Å². The molecule has 20 heavy (non-hydrogen) atoms. The lowest BCUT2D eigenvalue weighted by molar-refractivity contribution is 1.22. The Balaban J connectivity index is 2.18. The Morgan fingerprint density at radius 2 is 1.85 bits per heavy atom. The molecule has 6 heteroatoms. The first-order chi connectivity index (χ1) is 9.56. The van der Waals surface area contributed by atoms with E-state index in [1.54, 1.807) is 11.3 Å². The van der Waals surface area contributed by atoms with Crippen LogP contribution in [0.5, 0.6) is 0 Å². The third kappa shape index (κ3) is 2.35. The molecule has 0 aliphatic rings. The highest BCUT2D eigenvalue weighted by atomic mass is 35.5. The average molecular weight is 324 g/mol. The SMILES string of the molecule is Cc1sc2nc(Cl)nc(Nc3ccccc3Cl)c2c1C. The molecule has 0 spiro atoms. The molecule has 2 heterocycles. The van der Waals surface area contributed by atoms with Gasteiger partial charge in [-0.3, -0.25) is 0 Å². The van der Waals surface area contributed by atoms with Crippen LogP contribution in [0.1, 0.15) is 10.4 Å². The van der Waals surface area contributed by atoms with Crippen molar-refractivity contribution in [3.05, 3.63) is 45.0 Å². The molecule has 0 unspecified atom stereocenters. The number of nitrogens with zero attached hydrogens (tertiary/aromatic N) is 2. The monoisotopic (exact) mass is 323 g/mol. The van der Waals surface area contributed by atoms with Crippen LogP contribution in [0.2, 0.25) is 10.3 Å². The second kappa shape index (κ2) is 5.20. The van der Waals surface area contributed by atoms with Crippen LogP contribution in [0.3, 0.4) is 0 Å². The highest BCUT2D eigenvalue weighted by Gasteiger charge is 2.14. The number of rotatable bonds is 2. The topological polar surface area (TPSA) is 37.8 Å². The molecule has 0 saturated carbocycles. The van der Waals surface area contributed by atoms with Gasteiger partial charge in [-0.15, -0.1) is 11.3 Å². The van der Waals surface area contributed by atoms with Crippen molar-refractivity contribution in [2.75, 3.05) is 5.32 Å². The maximum atomic E-state index is 6.17. The van der Waals surface area contributed by atoms with E-state index in [4.69, 9.17) is 23.2 Å².